The topological polar surface area (TPSA) is 159 Å². The molecule has 2 aliphatic rings. The zero-order valence-corrected chi connectivity index (χ0v) is 24.7. The number of fused-ring (bicyclic) bond motifs is 1. The third kappa shape index (κ3) is 7.98. The van der Waals surface area contributed by atoms with Crippen LogP contribution in [0.2, 0.25) is 0 Å². The lowest BCUT2D eigenvalue weighted by molar-refractivity contribution is -0.192. The number of H-pyrrole nitrogens is 1. The number of sulfonamides is 1. The molecule has 5 rings (SSSR count). The molecule has 1 amide bonds. The van der Waals surface area contributed by atoms with E-state index in [1.54, 1.807) is 17.5 Å². The molecule has 1 aliphatic heterocycles. The molecular weight excluding hydrogens is 589 g/mol. The molecule has 2 aromatic heterocycles. The molecule has 3 aromatic rings. The Morgan fingerprint density at radius 3 is 2.35 bits per heavy atom. The Bertz CT molecular complexity index is 1540. The van der Waals surface area contributed by atoms with Crippen LogP contribution in [0.1, 0.15) is 73.0 Å². The molecule has 1 aromatic carbocycles. The van der Waals surface area contributed by atoms with E-state index < -0.39 is 28.1 Å². The van der Waals surface area contributed by atoms with Gasteiger partial charge in [-0.2, -0.15) is 13.2 Å². The van der Waals surface area contributed by atoms with Crippen molar-refractivity contribution >= 4 is 32.8 Å². The Morgan fingerprint density at radius 1 is 1.12 bits per heavy atom. The third-order valence-electron chi connectivity index (χ3n) is 8.18. The quantitative estimate of drug-likeness (QED) is 0.261. The van der Waals surface area contributed by atoms with E-state index in [-0.39, 0.29) is 11.7 Å². The Morgan fingerprint density at radius 2 is 1.77 bits per heavy atom. The van der Waals surface area contributed by atoms with Gasteiger partial charge >= 0.3 is 12.1 Å². The highest BCUT2D eigenvalue weighted by Crippen LogP contribution is 2.37. The van der Waals surface area contributed by atoms with Crippen molar-refractivity contribution in [2.24, 2.45) is 11.7 Å². The number of primary amides is 1. The second kappa shape index (κ2) is 13.5. The number of alkyl halides is 3. The lowest BCUT2D eigenvalue weighted by Gasteiger charge is -2.31. The van der Waals surface area contributed by atoms with Crippen LogP contribution < -0.4 is 11.1 Å². The van der Waals surface area contributed by atoms with Crippen molar-refractivity contribution in [2.45, 2.75) is 64.1 Å². The van der Waals surface area contributed by atoms with Gasteiger partial charge in [0.25, 0.3) is 5.91 Å². The van der Waals surface area contributed by atoms with Crippen LogP contribution in [0.3, 0.4) is 0 Å². The van der Waals surface area contributed by atoms with E-state index >= 15 is 0 Å². The number of amides is 1. The van der Waals surface area contributed by atoms with Crippen molar-refractivity contribution < 1.29 is 40.7 Å². The van der Waals surface area contributed by atoms with Gasteiger partial charge in [0.05, 0.1) is 29.6 Å². The number of carboxylic acids is 1. The standard InChI is InChI=1S/C27H36N4O4S.C2HF3O2/c1-2-36(33,34)31-9-7-19(8-10-31)25-16-30-26-23(25)12-20(13-24(26)27(28)32)21-11-22(35-17-21)15-29-14-18-5-3-4-6-18;3-2(4,5)1(6)7/h11-13,16-19,29-30H,2-10,14-15H2,1H3,(H2,28,32);(H,6,7). The summed E-state index contributed by atoms with van der Waals surface area (Å²) >= 11 is 0. The number of hydrogen-bond donors (Lipinski definition) is 4. The molecule has 236 valence electrons. The number of aromatic amines is 1. The highest BCUT2D eigenvalue weighted by Gasteiger charge is 2.38. The van der Waals surface area contributed by atoms with Gasteiger partial charge in [0, 0.05) is 30.2 Å². The molecule has 1 aliphatic carbocycles. The molecule has 10 nitrogen and oxygen atoms in total. The number of nitrogens with two attached hydrogens (primary N) is 1. The molecule has 43 heavy (non-hydrogen) atoms. The van der Waals surface area contributed by atoms with Gasteiger partial charge in [0.2, 0.25) is 10.0 Å². The lowest BCUT2D eigenvalue weighted by Crippen LogP contribution is -2.38. The molecule has 0 radical (unpaired) electrons. The van der Waals surface area contributed by atoms with E-state index in [4.69, 9.17) is 20.1 Å². The molecule has 5 N–H and O–H groups in total. The summed E-state index contributed by atoms with van der Waals surface area (Å²) in [6, 6.07) is 5.93. The molecule has 1 saturated heterocycles. The summed E-state index contributed by atoms with van der Waals surface area (Å²) in [6.07, 6.45) is 5.36. The summed E-state index contributed by atoms with van der Waals surface area (Å²) in [4.78, 5) is 24.5. The first-order chi connectivity index (χ1) is 20.3. The monoisotopic (exact) mass is 626 g/mol. The number of piperidine rings is 1. The van der Waals surface area contributed by atoms with Crippen molar-refractivity contribution in [2.75, 3.05) is 25.4 Å². The summed E-state index contributed by atoms with van der Waals surface area (Å²) in [6.45, 7) is 4.39. The first-order valence-corrected chi connectivity index (χ1v) is 15.9. The predicted octanol–water partition coefficient (Wildman–Crippen LogP) is 4.97. The summed E-state index contributed by atoms with van der Waals surface area (Å²) in [5.74, 6) is -1.28. The molecule has 0 bridgehead atoms. The van der Waals surface area contributed by atoms with E-state index in [9.17, 15) is 26.4 Å². The number of aromatic nitrogens is 1. The molecule has 0 spiro atoms. The van der Waals surface area contributed by atoms with Crippen LogP contribution in [0, 0.1) is 5.92 Å². The molecule has 0 atom stereocenters. The van der Waals surface area contributed by atoms with Crippen LogP contribution in [0.25, 0.3) is 22.0 Å². The molecule has 14 heteroatoms. The summed E-state index contributed by atoms with van der Waals surface area (Å²) < 4.78 is 63.7. The largest absolute Gasteiger partial charge is 0.490 e. The normalized spacial score (nSPS) is 17.2. The number of nitrogens with zero attached hydrogens (tertiary/aromatic N) is 1. The number of halogens is 3. The maximum Gasteiger partial charge on any atom is 0.490 e. The Kier molecular flexibility index (Phi) is 10.2. The van der Waals surface area contributed by atoms with Crippen LogP contribution in [0.4, 0.5) is 13.2 Å². The van der Waals surface area contributed by atoms with E-state index in [2.05, 4.69) is 16.4 Å². The minimum atomic E-state index is -5.08. The second-order valence-corrected chi connectivity index (χ2v) is 13.3. The van der Waals surface area contributed by atoms with E-state index in [0.29, 0.717) is 25.2 Å². The number of aliphatic carboxylic acids is 1. The van der Waals surface area contributed by atoms with Gasteiger partial charge in [-0.25, -0.2) is 17.5 Å². The summed E-state index contributed by atoms with van der Waals surface area (Å²) in [5, 5.41) is 11.6. The van der Waals surface area contributed by atoms with Crippen molar-refractivity contribution in [3.8, 4) is 11.1 Å². The van der Waals surface area contributed by atoms with Crippen molar-refractivity contribution in [1.82, 2.24) is 14.6 Å². The van der Waals surface area contributed by atoms with Crippen LogP contribution in [0.15, 0.2) is 35.1 Å². The molecule has 2 fully saturated rings. The van der Waals surface area contributed by atoms with Gasteiger partial charge in [0.1, 0.15) is 5.76 Å². The average Bonchev–Trinajstić information content (AvgIpc) is 3.74. The minimum Gasteiger partial charge on any atom is -0.475 e. The number of carboxylic acid groups (broad SMARTS) is 1. The Labute approximate surface area is 247 Å². The molecule has 0 unspecified atom stereocenters. The fraction of sp³-hybridized carbons (Fsp3) is 0.517. The highest BCUT2D eigenvalue weighted by molar-refractivity contribution is 7.89. The predicted molar refractivity (Wildman–Crippen MR) is 155 cm³/mol. The van der Waals surface area contributed by atoms with Crippen molar-refractivity contribution in [3.63, 3.8) is 0 Å². The van der Waals surface area contributed by atoms with Gasteiger partial charge < -0.3 is 25.6 Å². The van der Waals surface area contributed by atoms with Gasteiger partial charge in [-0.3, -0.25) is 4.79 Å². The van der Waals surface area contributed by atoms with Crippen LogP contribution in [0.5, 0.6) is 0 Å². The zero-order chi connectivity index (χ0) is 31.4. The second-order valence-electron chi connectivity index (χ2n) is 11.0. The fourth-order valence-corrected chi connectivity index (χ4v) is 6.95. The zero-order valence-electron chi connectivity index (χ0n) is 23.9. The van der Waals surface area contributed by atoms with Gasteiger partial charge in [-0.15, -0.1) is 0 Å². The van der Waals surface area contributed by atoms with Gasteiger partial charge in [0.15, 0.2) is 0 Å². The SMILES string of the molecule is CCS(=O)(=O)N1CCC(c2c[nH]c3c(C(N)=O)cc(-c4coc(CNCC5CCCC5)c4)cc23)CC1.O=C(O)C(F)(F)F. The number of hydrogen-bond acceptors (Lipinski definition) is 6. The van der Waals surface area contributed by atoms with E-state index in [1.807, 2.05) is 18.3 Å². The Balaban J connectivity index is 0.000000541. The number of carbonyl (C=O) groups excluding carboxylic acids is 1. The number of benzene rings is 1. The van der Waals surface area contributed by atoms with Crippen molar-refractivity contribution in [3.05, 3.63) is 47.5 Å². The number of carbonyl (C=O) groups is 2. The first-order valence-electron chi connectivity index (χ1n) is 14.3. The number of furan rings is 1. The Hall–Kier alpha value is -3.36. The van der Waals surface area contributed by atoms with Crippen LogP contribution >= 0.6 is 0 Å². The van der Waals surface area contributed by atoms with Crippen LogP contribution in [-0.4, -0.2) is 66.3 Å². The summed E-state index contributed by atoms with van der Waals surface area (Å²) in [7, 11) is -3.18. The molecule has 3 heterocycles. The maximum absolute atomic E-state index is 12.3. The first kappa shape index (κ1) is 32.6. The molecular formula is C29H37F3N4O6S. The smallest absolute Gasteiger partial charge is 0.475 e. The van der Waals surface area contributed by atoms with Gasteiger partial charge in [-0.1, -0.05) is 12.8 Å². The third-order valence-corrected chi connectivity index (χ3v) is 10.1. The summed E-state index contributed by atoms with van der Waals surface area (Å²) in [5.41, 5.74) is 9.83. The van der Waals surface area contributed by atoms with Gasteiger partial charge in [-0.05, 0) is 80.3 Å². The number of rotatable bonds is 9. The molecule has 1 saturated carbocycles. The average molecular weight is 627 g/mol. The minimum absolute atomic E-state index is 0.124. The maximum atomic E-state index is 12.3. The van der Waals surface area contributed by atoms with E-state index in [0.717, 1.165) is 58.7 Å². The highest BCUT2D eigenvalue weighted by atomic mass is 32.2. The lowest BCUT2D eigenvalue weighted by atomic mass is 9.88. The number of nitrogens with one attached hydrogen (secondary N) is 2. The fourth-order valence-electron chi connectivity index (χ4n) is 5.82. The van der Waals surface area contributed by atoms with Crippen LogP contribution in [-0.2, 0) is 21.4 Å². The van der Waals surface area contributed by atoms with Crippen molar-refractivity contribution in [1.29, 1.82) is 0 Å². The van der Waals surface area contributed by atoms with E-state index in [1.165, 1.54) is 25.7 Å².